The van der Waals surface area contributed by atoms with Crippen LogP contribution in [-0.4, -0.2) is 41.3 Å². The normalized spacial score (nSPS) is 19.7. The molecule has 0 radical (unpaired) electrons. The molecule has 1 aliphatic rings. The quantitative estimate of drug-likeness (QED) is 0.640. The molecule has 1 aromatic heterocycles. The molecule has 2 aromatic rings. The maximum Gasteiger partial charge on any atom is 0.193 e. The van der Waals surface area contributed by atoms with E-state index >= 15 is 0 Å². The molecule has 1 heterocycles. The SMILES string of the molecule is CN=C(NCC1CC1c1ccccc1)N(C)Cc1cn(C)nc1C(C)C. The molecular weight excluding hydrogens is 322 g/mol. The van der Waals surface area contributed by atoms with Crippen molar-refractivity contribution in [1.82, 2.24) is 20.0 Å². The number of hydrogen-bond acceptors (Lipinski definition) is 2. The second-order valence-electron chi connectivity index (χ2n) is 7.67. The van der Waals surface area contributed by atoms with Crippen LogP contribution in [0.4, 0.5) is 0 Å². The summed E-state index contributed by atoms with van der Waals surface area (Å²) in [6, 6.07) is 10.8. The van der Waals surface area contributed by atoms with Crippen molar-refractivity contribution in [3.05, 3.63) is 53.3 Å². The van der Waals surface area contributed by atoms with E-state index in [2.05, 4.69) is 77.7 Å². The van der Waals surface area contributed by atoms with Gasteiger partial charge in [-0.25, -0.2) is 0 Å². The van der Waals surface area contributed by atoms with E-state index in [1.54, 1.807) is 0 Å². The van der Waals surface area contributed by atoms with Gasteiger partial charge >= 0.3 is 0 Å². The Kier molecular flexibility index (Phi) is 5.64. The zero-order chi connectivity index (χ0) is 18.7. The van der Waals surface area contributed by atoms with Crippen molar-refractivity contribution in [1.29, 1.82) is 0 Å². The highest BCUT2D eigenvalue weighted by Crippen LogP contribution is 2.46. The Labute approximate surface area is 157 Å². The molecule has 3 rings (SSSR count). The van der Waals surface area contributed by atoms with Crippen LogP contribution in [0.3, 0.4) is 0 Å². The lowest BCUT2D eigenvalue weighted by atomic mass is 10.1. The van der Waals surface area contributed by atoms with Gasteiger partial charge in [-0.1, -0.05) is 44.2 Å². The summed E-state index contributed by atoms with van der Waals surface area (Å²) in [5.74, 6) is 2.76. The smallest absolute Gasteiger partial charge is 0.193 e. The van der Waals surface area contributed by atoms with Crippen molar-refractivity contribution >= 4 is 5.96 Å². The topological polar surface area (TPSA) is 45.5 Å². The average molecular weight is 354 g/mol. The molecule has 1 aromatic carbocycles. The van der Waals surface area contributed by atoms with Gasteiger partial charge in [0.15, 0.2) is 5.96 Å². The van der Waals surface area contributed by atoms with Crippen molar-refractivity contribution in [2.45, 2.75) is 38.6 Å². The first-order valence-corrected chi connectivity index (χ1v) is 9.48. The molecule has 5 heteroatoms. The Balaban J connectivity index is 1.55. The summed E-state index contributed by atoms with van der Waals surface area (Å²) >= 11 is 0. The first-order chi connectivity index (χ1) is 12.5. The van der Waals surface area contributed by atoms with Crippen LogP contribution in [0.15, 0.2) is 41.5 Å². The minimum atomic E-state index is 0.424. The minimum Gasteiger partial charge on any atom is -0.356 e. The Hall–Kier alpha value is -2.30. The fourth-order valence-electron chi connectivity index (χ4n) is 3.68. The van der Waals surface area contributed by atoms with Crippen LogP contribution in [0.5, 0.6) is 0 Å². The van der Waals surface area contributed by atoms with E-state index in [-0.39, 0.29) is 0 Å². The number of hydrogen-bond donors (Lipinski definition) is 1. The lowest BCUT2D eigenvalue weighted by Crippen LogP contribution is -2.39. The zero-order valence-corrected chi connectivity index (χ0v) is 16.6. The largest absolute Gasteiger partial charge is 0.356 e. The molecule has 5 nitrogen and oxygen atoms in total. The predicted molar refractivity (Wildman–Crippen MR) is 107 cm³/mol. The Morgan fingerprint density at radius 1 is 1.35 bits per heavy atom. The highest BCUT2D eigenvalue weighted by molar-refractivity contribution is 5.79. The van der Waals surface area contributed by atoms with E-state index in [1.807, 2.05) is 18.8 Å². The summed E-state index contributed by atoms with van der Waals surface area (Å²) in [6.07, 6.45) is 3.38. The first kappa shape index (κ1) is 18.5. The second-order valence-corrected chi connectivity index (χ2v) is 7.67. The van der Waals surface area contributed by atoms with Gasteiger partial charge in [-0.05, 0) is 29.7 Å². The van der Waals surface area contributed by atoms with Crippen LogP contribution in [0.25, 0.3) is 0 Å². The van der Waals surface area contributed by atoms with Crippen LogP contribution in [0.2, 0.25) is 0 Å². The summed E-state index contributed by atoms with van der Waals surface area (Å²) in [7, 11) is 5.93. The standard InChI is InChI=1S/C21H31N5/c1-15(2)20-18(14-26(5)24-20)13-25(4)21(22-3)23-12-17-11-19(17)16-9-7-6-8-10-16/h6-10,14-15,17,19H,11-13H2,1-5H3,(H,22,23). The summed E-state index contributed by atoms with van der Waals surface area (Å²) < 4.78 is 1.91. The van der Waals surface area contributed by atoms with E-state index in [9.17, 15) is 0 Å². The predicted octanol–water partition coefficient (Wildman–Crippen LogP) is 3.35. The lowest BCUT2D eigenvalue weighted by Gasteiger charge is -2.22. The monoisotopic (exact) mass is 353 g/mol. The number of aryl methyl sites for hydroxylation is 1. The summed E-state index contributed by atoms with van der Waals surface area (Å²) in [5, 5.41) is 8.16. The Morgan fingerprint density at radius 3 is 2.73 bits per heavy atom. The van der Waals surface area contributed by atoms with Crippen molar-refractivity contribution in [3.8, 4) is 0 Å². The molecule has 140 valence electrons. The maximum atomic E-state index is 4.61. The van der Waals surface area contributed by atoms with Gasteiger partial charge in [0.05, 0.1) is 5.69 Å². The molecule has 1 saturated carbocycles. The van der Waals surface area contributed by atoms with Crippen molar-refractivity contribution in [2.24, 2.45) is 18.0 Å². The fourth-order valence-corrected chi connectivity index (χ4v) is 3.68. The van der Waals surface area contributed by atoms with Crippen LogP contribution in [0, 0.1) is 5.92 Å². The molecule has 1 fully saturated rings. The second kappa shape index (κ2) is 7.94. The minimum absolute atomic E-state index is 0.424. The fraction of sp³-hybridized carbons (Fsp3) is 0.524. The van der Waals surface area contributed by atoms with Gasteiger partial charge < -0.3 is 10.2 Å². The summed E-state index contributed by atoms with van der Waals surface area (Å²) in [4.78, 5) is 6.65. The van der Waals surface area contributed by atoms with Gasteiger partial charge in [0.1, 0.15) is 0 Å². The molecule has 0 saturated heterocycles. The number of benzene rings is 1. The average Bonchev–Trinajstić information content (AvgIpc) is 3.30. The van der Waals surface area contributed by atoms with Gasteiger partial charge in [-0.2, -0.15) is 5.10 Å². The highest BCUT2D eigenvalue weighted by atomic mass is 15.3. The summed E-state index contributed by atoms with van der Waals surface area (Å²) in [5.41, 5.74) is 3.89. The van der Waals surface area contributed by atoms with Crippen molar-refractivity contribution < 1.29 is 0 Å². The molecule has 0 bridgehead atoms. The Morgan fingerprint density at radius 2 is 2.08 bits per heavy atom. The molecule has 0 amide bonds. The van der Waals surface area contributed by atoms with Gasteiger partial charge in [-0.3, -0.25) is 9.67 Å². The highest BCUT2D eigenvalue weighted by Gasteiger charge is 2.38. The molecular formula is C21H31N5. The van der Waals surface area contributed by atoms with Crippen molar-refractivity contribution in [2.75, 3.05) is 20.6 Å². The van der Waals surface area contributed by atoms with Gasteiger partial charge in [-0.15, -0.1) is 0 Å². The third-order valence-electron chi connectivity index (χ3n) is 5.14. The third kappa shape index (κ3) is 4.26. The van der Waals surface area contributed by atoms with Crippen LogP contribution in [0.1, 0.15) is 48.9 Å². The van der Waals surface area contributed by atoms with Crippen molar-refractivity contribution in [3.63, 3.8) is 0 Å². The molecule has 26 heavy (non-hydrogen) atoms. The molecule has 2 unspecified atom stereocenters. The molecule has 2 atom stereocenters. The number of guanidine groups is 1. The first-order valence-electron chi connectivity index (χ1n) is 9.48. The van der Waals surface area contributed by atoms with E-state index in [4.69, 9.17) is 0 Å². The van der Waals surface area contributed by atoms with Gasteiger partial charge in [0.25, 0.3) is 0 Å². The van der Waals surface area contributed by atoms with E-state index in [1.165, 1.54) is 23.2 Å². The Bertz CT molecular complexity index is 747. The number of aliphatic imine (C=N–C) groups is 1. The number of nitrogens with one attached hydrogen (secondary N) is 1. The summed E-state index contributed by atoms with van der Waals surface area (Å²) in [6.45, 7) is 6.17. The lowest BCUT2D eigenvalue weighted by molar-refractivity contribution is 0.471. The number of rotatable bonds is 6. The number of aromatic nitrogens is 2. The van der Waals surface area contributed by atoms with E-state index in [0.29, 0.717) is 17.8 Å². The van der Waals surface area contributed by atoms with Crippen LogP contribution < -0.4 is 5.32 Å². The van der Waals surface area contributed by atoms with E-state index in [0.717, 1.165) is 19.0 Å². The number of nitrogens with zero attached hydrogens (tertiary/aromatic N) is 4. The van der Waals surface area contributed by atoms with Gasteiger partial charge in [0, 0.05) is 46.0 Å². The van der Waals surface area contributed by atoms with Crippen LogP contribution >= 0.6 is 0 Å². The molecule has 0 spiro atoms. The third-order valence-corrected chi connectivity index (χ3v) is 5.14. The van der Waals surface area contributed by atoms with Gasteiger partial charge in [0.2, 0.25) is 0 Å². The van der Waals surface area contributed by atoms with E-state index < -0.39 is 0 Å². The maximum absolute atomic E-state index is 4.61. The molecule has 0 aliphatic heterocycles. The zero-order valence-electron chi connectivity index (χ0n) is 16.6. The molecule has 1 aliphatic carbocycles. The van der Waals surface area contributed by atoms with Crippen LogP contribution in [-0.2, 0) is 13.6 Å². The molecule has 1 N–H and O–H groups in total.